The second kappa shape index (κ2) is 14.6. The van der Waals surface area contributed by atoms with Crippen LogP contribution in [0.4, 0.5) is 0 Å². The minimum atomic E-state index is 0.562. The van der Waals surface area contributed by atoms with Crippen LogP contribution in [0.15, 0.2) is 223 Å². The lowest BCUT2D eigenvalue weighted by Gasteiger charge is -2.16. The van der Waals surface area contributed by atoms with Gasteiger partial charge in [-0.05, 0) is 142 Å². The Morgan fingerprint density at radius 3 is 1.33 bits per heavy atom. The minimum Gasteiger partial charge on any atom is -0.456 e. The zero-order chi connectivity index (χ0) is 45.2. The van der Waals surface area contributed by atoms with Crippen LogP contribution in [-0.2, 0) is 0 Å². The fourth-order valence-electron chi connectivity index (χ4n) is 11.2. The topological polar surface area (TPSA) is 64.7 Å². The van der Waals surface area contributed by atoms with Crippen molar-refractivity contribution in [2.45, 2.75) is 0 Å². The second-order valence-electron chi connectivity index (χ2n) is 18.1. The number of nitrogens with zero attached hydrogens (tertiary/aromatic N) is 4. The molecule has 2 aliphatic carbocycles. The van der Waals surface area contributed by atoms with Crippen molar-refractivity contribution in [2.75, 3.05) is 0 Å². The summed E-state index contributed by atoms with van der Waals surface area (Å²) < 4.78 is 6.41. The van der Waals surface area contributed by atoms with E-state index in [1.54, 1.807) is 6.20 Å². The number of fused-ring (bicyclic) bond motifs is 9. The van der Waals surface area contributed by atoms with Gasteiger partial charge in [0, 0.05) is 39.9 Å². The summed E-state index contributed by atoms with van der Waals surface area (Å²) >= 11 is 0. The monoisotopic (exact) mass is 876 g/mol. The van der Waals surface area contributed by atoms with Crippen LogP contribution < -0.4 is 0 Å². The molecule has 0 N–H and O–H groups in total. The molecule has 0 fully saturated rings. The van der Waals surface area contributed by atoms with Gasteiger partial charge in [-0.1, -0.05) is 164 Å². The van der Waals surface area contributed by atoms with E-state index in [0.29, 0.717) is 17.5 Å². The average molecular weight is 877 g/mol. The van der Waals surface area contributed by atoms with Crippen LogP contribution in [0.1, 0.15) is 0 Å². The molecule has 0 unspecified atom stereocenters. The van der Waals surface area contributed by atoms with E-state index in [-0.39, 0.29) is 0 Å². The predicted molar refractivity (Wildman–Crippen MR) is 281 cm³/mol. The van der Waals surface area contributed by atoms with Gasteiger partial charge < -0.3 is 4.42 Å². The molecular formula is C64H36N4O. The summed E-state index contributed by atoms with van der Waals surface area (Å²) in [5, 5.41) is 7.12. The third-order valence-electron chi connectivity index (χ3n) is 14.3. The number of pyridine rings is 1. The van der Waals surface area contributed by atoms with Crippen molar-refractivity contribution in [1.82, 2.24) is 19.9 Å². The van der Waals surface area contributed by atoms with E-state index < -0.39 is 0 Å². The largest absolute Gasteiger partial charge is 0.456 e. The summed E-state index contributed by atoms with van der Waals surface area (Å²) in [5.74, 6) is 1.72. The van der Waals surface area contributed by atoms with Crippen LogP contribution in [0.25, 0.3) is 156 Å². The van der Waals surface area contributed by atoms with E-state index in [9.17, 15) is 0 Å². The molecule has 0 spiro atoms. The molecule has 10 aromatic carbocycles. The zero-order valence-corrected chi connectivity index (χ0v) is 37.0. The Labute approximate surface area is 396 Å². The van der Waals surface area contributed by atoms with Gasteiger partial charge >= 0.3 is 0 Å². The van der Waals surface area contributed by atoms with Crippen molar-refractivity contribution in [3.05, 3.63) is 219 Å². The lowest BCUT2D eigenvalue weighted by molar-refractivity contribution is 0.669. The smallest absolute Gasteiger partial charge is 0.164 e. The van der Waals surface area contributed by atoms with Crippen LogP contribution in [0.2, 0.25) is 0 Å². The van der Waals surface area contributed by atoms with Gasteiger partial charge in [-0.25, -0.2) is 15.0 Å². The molecule has 15 rings (SSSR count). The summed E-state index contributed by atoms with van der Waals surface area (Å²) in [5.41, 5.74) is 21.0. The van der Waals surface area contributed by atoms with Gasteiger partial charge in [-0.3, -0.25) is 4.98 Å². The fourth-order valence-corrected chi connectivity index (χ4v) is 11.2. The lowest BCUT2D eigenvalue weighted by Crippen LogP contribution is -2.01. The Kier molecular flexibility index (Phi) is 8.00. The molecule has 0 atom stereocenters. The molecule has 2 aliphatic rings. The molecule has 0 bridgehead atoms. The first-order valence-corrected chi connectivity index (χ1v) is 23.3. The van der Waals surface area contributed by atoms with Crippen molar-refractivity contribution < 1.29 is 4.42 Å². The standard InChI is InChI=1S/C64H36N4O/c1-3-13-48-46(11-1)54-18-7-16-52-44(27-29-56(48)60(52)54)41-32-42(45-28-30-57-49-14-4-2-12-47(49)55-19-8-17-53(45)61(55)57)34-43(33-41)64-67-62(38-23-21-37(22-24-38)40-10-9-31-65-36-40)66-63(68-64)39-25-26-51-50-15-5-6-20-58(50)69-59(51)35-39/h1-36H. The first kappa shape index (κ1) is 37.9. The molecule has 3 aromatic heterocycles. The summed E-state index contributed by atoms with van der Waals surface area (Å²) in [6, 6.07) is 73.9. The molecule has 69 heavy (non-hydrogen) atoms. The molecule has 318 valence electrons. The number of benzene rings is 10. The van der Waals surface area contributed by atoms with Gasteiger partial charge in [0.2, 0.25) is 0 Å². The van der Waals surface area contributed by atoms with Crippen molar-refractivity contribution in [3.8, 4) is 112 Å². The van der Waals surface area contributed by atoms with Gasteiger partial charge in [0.1, 0.15) is 11.2 Å². The Morgan fingerprint density at radius 2 is 0.725 bits per heavy atom. The fraction of sp³-hybridized carbons (Fsp3) is 0. The van der Waals surface area contributed by atoms with Crippen LogP contribution in [0.5, 0.6) is 0 Å². The third-order valence-corrected chi connectivity index (χ3v) is 14.3. The summed E-state index contributed by atoms with van der Waals surface area (Å²) in [4.78, 5) is 20.3. The normalized spacial score (nSPS) is 12.1. The van der Waals surface area contributed by atoms with E-state index in [1.807, 2.05) is 30.5 Å². The van der Waals surface area contributed by atoms with Gasteiger partial charge in [0.05, 0.1) is 0 Å². The maximum atomic E-state index is 6.41. The molecule has 5 nitrogen and oxygen atoms in total. The van der Waals surface area contributed by atoms with E-state index in [2.05, 4.69) is 187 Å². The predicted octanol–water partition coefficient (Wildman–Crippen LogP) is 16.8. The van der Waals surface area contributed by atoms with E-state index in [0.717, 1.165) is 72.0 Å². The van der Waals surface area contributed by atoms with Gasteiger partial charge in [-0.2, -0.15) is 0 Å². The van der Waals surface area contributed by atoms with E-state index in [4.69, 9.17) is 19.4 Å². The van der Waals surface area contributed by atoms with Gasteiger partial charge in [0.15, 0.2) is 17.5 Å². The Bertz CT molecular complexity index is 4090. The van der Waals surface area contributed by atoms with Crippen molar-refractivity contribution in [2.24, 2.45) is 0 Å². The van der Waals surface area contributed by atoms with E-state index >= 15 is 0 Å². The summed E-state index contributed by atoms with van der Waals surface area (Å²) in [6.07, 6.45) is 3.68. The summed E-state index contributed by atoms with van der Waals surface area (Å²) in [7, 11) is 0. The van der Waals surface area contributed by atoms with E-state index in [1.165, 1.54) is 66.1 Å². The molecular weight excluding hydrogens is 841 g/mol. The van der Waals surface area contributed by atoms with Gasteiger partial charge in [0.25, 0.3) is 0 Å². The minimum absolute atomic E-state index is 0.562. The van der Waals surface area contributed by atoms with Gasteiger partial charge in [-0.15, -0.1) is 0 Å². The number of para-hydroxylation sites is 1. The van der Waals surface area contributed by atoms with Crippen LogP contribution in [0, 0.1) is 0 Å². The molecule has 0 saturated carbocycles. The number of hydrogen-bond donors (Lipinski definition) is 0. The molecule has 0 radical (unpaired) electrons. The number of hydrogen-bond acceptors (Lipinski definition) is 5. The third kappa shape index (κ3) is 5.77. The molecule has 5 heteroatoms. The SMILES string of the molecule is c1cncc(-c2ccc(-c3nc(-c4cc(-c5ccc6c7c(cccc57)-c5ccccc5-6)cc(-c5ccc6c7c(cccc57)-c5ccccc5-6)c4)nc(-c4ccc5c(c4)oc4ccccc45)n3)cc2)c1. The molecule has 13 aromatic rings. The highest BCUT2D eigenvalue weighted by Gasteiger charge is 2.26. The molecule has 0 saturated heterocycles. The quantitative estimate of drug-likeness (QED) is 0.166. The molecule has 0 amide bonds. The van der Waals surface area contributed by atoms with Crippen molar-refractivity contribution in [3.63, 3.8) is 0 Å². The maximum Gasteiger partial charge on any atom is 0.164 e. The summed E-state index contributed by atoms with van der Waals surface area (Å²) in [6.45, 7) is 0. The number of furan rings is 1. The van der Waals surface area contributed by atoms with Crippen molar-refractivity contribution in [1.29, 1.82) is 0 Å². The highest BCUT2D eigenvalue weighted by atomic mass is 16.3. The first-order valence-electron chi connectivity index (χ1n) is 23.3. The first-order chi connectivity index (χ1) is 34.2. The maximum absolute atomic E-state index is 6.41. The Hall–Kier alpha value is -9.32. The Morgan fingerprint density at radius 1 is 0.261 bits per heavy atom. The second-order valence-corrected chi connectivity index (χ2v) is 18.1. The van der Waals surface area contributed by atoms with Crippen LogP contribution in [0.3, 0.4) is 0 Å². The highest BCUT2D eigenvalue weighted by molar-refractivity contribution is 6.20. The average Bonchev–Trinajstić information content (AvgIpc) is 4.08. The van der Waals surface area contributed by atoms with Crippen LogP contribution in [-0.4, -0.2) is 19.9 Å². The Balaban J connectivity index is 0.972. The molecule has 3 heterocycles. The van der Waals surface area contributed by atoms with Crippen molar-refractivity contribution >= 4 is 43.5 Å². The highest BCUT2D eigenvalue weighted by Crippen LogP contribution is 2.52. The van der Waals surface area contributed by atoms with Crippen LogP contribution >= 0.6 is 0 Å². The molecule has 0 aliphatic heterocycles. The number of rotatable bonds is 6. The lowest BCUT2D eigenvalue weighted by atomic mass is 9.89. The zero-order valence-electron chi connectivity index (χ0n) is 37.0. The number of aromatic nitrogens is 4.